The number of carbonyl (C=O) groups excluding carboxylic acids is 1. The van der Waals surface area contributed by atoms with E-state index in [0.29, 0.717) is 18.5 Å². The molecule has 2 aromatic rings. The number of carbonyl (C=O) groups is 1. The largest absolute Gasteiger partial charge is 0.427 e. The number of rotatable bonds is 6. The normalized spacial score (nSPS) is 14.3. The molecule has 0 aliphatic carbocycles. The van der Waals surface area contributed by atoms with Crippen molar-refractivity contribution in [3.63, 3.8) is 0 Å². The van der Waals surface area contributed by atoms with Crippen LogP contribution in [0.2, 0.25) is 0 Å². The Morgan fingerprint density at radius 1 is 1.22 bits per heavy atom. The first-order valence-corrected chi connectivity index (χ1v) is 8.26. The van der Waals surface area contributed by atoms with Gasteiger partial charge in [0, 0.05) is 36.0 Å². The predicted molar refractivity (Wildman–Crippen MR) is 95.2 cm³/mol. The summed E-state index contributed by atoms with van der Waals surface area (Å²) < 4.78 is 29.3. The quantitative estimate of drug-likeness (QED) is 0.580. The molecule has 0 aromatic heterocycles. The van der Waals surface area contributed by atoms with Crippen LogP contribution in [0.25, 0.3) is 0 Å². The summed E-state index contributed by atoms with van der Waals surface area (Å²) in [4.78, 5) is 21.6. The van der Waals surface area contributed by atoms with E-state index in [4.69, 9.17) is 0 Å². The van der Waals surface area contributed by atoms with Crippen LogP contribution in [-0.4, -0.2) is 17.4 Å². The SMILES string of the molecule is CC(Nc1ccc([N+](=O)[O-])c(OC(F)F)c1)c1ccc2c(c1)CCC(=O)N2. The summed E-state index contributed by atoms with van der Waals surface area (Å²) in [7, 11) is 0. The fourth-order valence-corrected chi connectivity index (χ4v) is 2.95. The standard InChI is InChI=1S/C18H17F2N3O4/c1-10(11-2-5-14-12(8-11)3-7-17(24)22-14)21-13-4-6-15(23(25)26)16(9-13)27-18(19)20/h2,4-6,8-10,18,21H,3,7H2,1H3,(H,22,24). The molecule has 0 radical (unpaired) electrons. The minimum atomic E-state index is -3.16. The first-order valence-electron chi connectivity index (χ1n) is 8.26. The van der Waals surface area contributed by atoms with E-state index in [0.717, 1.165) is 22.9 Å². The van der Waals surface area contributed by atoms with Gasteiger partial charge in [-0.3, -0.25) is 14.9 Å². The number of alkyl halides is 2. The second-order valence-corrected chi connectivity index (χ2v) is 6.15. The van der Waals surface area contributed by atoms with Crippen molar-refractivity contribution in [2.24, 2.45) is 0 Å². The van der Waals surface area contributed by atoms with Crippen LogP contribution in [-0.2, 0) is 11.2 Å². The molecule has 0 saturated heterocycles. The lowest BCUT2D eigenvalue weighted by atomic mass is 9.97. The van der Waals surface area contributed by atoms with E-state index in [1.807, 2.05) is 25.1 Å². The average Bonchev–Trinajstić information content (AvgIpc) is 2.60. The molecular formula is C18H17F2N3O4. The van der Waals surface area contributed by atoms with Crippen LogP contribution in [0.1, 0.15) is 30.5 Å². The Balaban J connectivity index is 1.80. The molecular weight excluding hydrogens is 360 g/mol. The van der Waals surface area contributed by atoms with Gasteiger partial charge in [0.25, 0.3) is 0 Å². The maximum absolute atomic E-state index is 12.5. The predicted octanol–water partition coefficient (Wildman–Crippen LogP) is 4.25. The number of fused-ring (bicyclic) bond motifs is 1. The van der Waals surface area contributed by atoms with Crippen molar-refractivity contribution >= 4 is 23.0 Å². The first-order chi connectivity index (χ1) is 12.8. The number of halogens is 2. The number of nitro benzene ring substituents is 1. The fraction of sp³-hybridized carbons (Fsp3) is 0.278. The van der Waals surface area contributed by atoms with Crippen LogP contribution >= 0.6 is 0 Å². The zero-order valence-corrected chi connectivity index (χ0v) is 14.4. The summed E-state index contributed by atoms with van der Waals surface area (Å²) in [5, 5.41) is 16.9. The lowest BCUT2D eigenvalue weighted by Gasteiger charge is -2.21. The van der Waals surface area contributed by atoms with Crippen LogP contribution in [0.4, 0.5) is 25.8 Å². The summed E-state index contributed by atoms with van der Waals surface area (Å²) in [6, 6.07) is 9.17. The number of hydrogen-bond acceptors (Lipinski definition) is 5. The minimum absolute atomic E-state index is 0.0149. The van der Waals surface area contributed by atoms with Crippen molar-refractivity contribution in [2.75, 3.05) is 10.6 Å². The van der Waals surface area contributed by atoms with Crippen molar-refractivity contribution < 1.29 is 23.2 Å². The highest BCUT2D eigenvalue weighted by atomic mass is 19.3. The van der Waals surface area contributed by atoms with E-state index >= 15 is 0 Å². The Morgan fingerprint density at radius 3 is 2.70 bits per heavy atom. The summed E-state index contributed by atoms with van der Waals surface area (Å²) in [6.07, 6.45) is 1.07. The number of nitrogens with one attached hydrogen (secondary N) is 2. The summed E-state index contributed by atoms with van der Waals surface area (Å²) in [6.45, 7) is -1.29. The lowest BCUT2D eigenvalue weighted by Crippen LogP contribution is -2.19. The van der Waals surface area contributed by atoms with Crippen LogP contribution in [0.3, 0.4) is 0 Å². The van der Waals surface area contributed by atoms with Gasteiger partial charge in [0.1, 0.15) is 0 Å². The third-order valence-corrected chi connectivity index (χ3v) is 4.28. The molecule has 0 saturated carbocycles. The molecule has 1 aliphatic heterocycles. The number of amides is 1. The maximum Gasteiger partial charge on any atom is 0.387 e. The zero-order chi connectivity index (χ0) is 19.6. The Kier molecular flexibility index (Phi) is 5.20. The highest BCUT2D eigenvalue weighted by Crippen LogP contribution is 2.33. The van der Waals surface area contributed by atoms with Gasteiger partial charge in [0.2, 0.25) is 11.7 Å². The van der Waals surface area contributed by atoms with Gasteiger partial charge < -0.3 is 15.4 Å². The fourth-order valence-electron chi connectivity index (χ4n) is 2.95. The smallest absolute Gasteiger partial charge is 0.387 e. The van der Waals surface area contributed by atoms with Crippen LogP contribution < -0.4 is 15.4 Å². The molecule has 0 spiro atoms. The van der Waals surface area contributed by atoms with Crippen LogP contribution in [0, 0.1) is 10.1 Å². The number of benzene rings is 2. The Bertz CT molecular complexity index is 889. The van der Waals surface area contributed by atoms with Crippen molar-refractivity contribution in [3.05, 3.63) is 57.6 Å². The van der Waals surface area contributed by atoms with Crippen molar-refractivity contribution in [3.8, 4) is 5.75 Å². The molecule has 2 N–H and O–H groups in total. The van der Waals surface area contributed by atoms with Gasteiger partial charge in [-0.1, -0.05) is 12.1 Å². The molecule has 1 aliphatic rings. The molecule has 1 amide bonds. The minimum Gasteiger partial charge on any atom is -0.427 e. The molecule has 0 fully saturated rings. The second-order valence-electron chi connectivity index (χ2n) is 6.15. The molecule has 142 valence electrons. The average molecular weight is 377 g/mol. The van der Waals surface area contributed by atoms with Gasteiger partial charge in [-0.15, -0.1) is 0 Å². The molecule has 27 heavy (non-hydrogen) atoms. The number of hydrogen-bond donors (Lipinski definition) is 2. The van der Waals surface area contributed by atoms with Gasteiger partial charge in [-0.05, 0) is 36.6 Å². The summed E-state index contributed by atoms with van der Waals surface area (Å²) in [5.74, 6) is -0.515. The van der Waals surface area contributed by atoms with Gasteiger partial charge in [0.05, 0.1) is 4.92 Å². The Morgan fingerprint density at radius 2 is 2.00 bits per heavy atom. The zero-order valence-electron chi connectivity index (χ0n) is 14.4. The molecule has 7 nitrogen and oxygen atoms in total. The second kappa shape index (κ2) is 7.56. The molecule has 1 unspecified atom stereocenters. The van der Waals surface area contributed by atoms with Crippen molar-refractivity contribution in [1.82, 2.24) is 0 Å². The van der Waals surface area contributed by atoms with E-state index < -0.39 is 23.0 Å². The van der Waals surface area contributed by atoms with E-state index in [1.165, 1.54) is 12.1 Å². The molecule has 2 aromatic carbocycles. The molecule has 9 heteroatoms. The summed E-state index contributed by atoms with van der Waals surface area (Å²) in [5.41, 5.74) is 2.61. The topological polar surface area (TPSA) is 93.5 Å². The van der Waals surface area contributed by atoms with Gasteiger partial charge in [0.15, 0.2) is 0 Å². The molecule has 1 heterocycles. The monoisotopic (exact) mass is 377 g/mol. The third-order valence-electron chi connectivity index (χ3n) is 4.28. The van der Waals surface area contributed by atoms with Crippen LogP contribution in [0.5, 0.6) is 5.75 Å². The highest BCUT2D eigenvalue weighted by molar-refractivity contribution is 5.93. The first kappa shape index (κ1) is 18.6. The Hall–Kier alpha value is -3.23. The van der Waals surface area contributed by atoms with E-state index in [2.05, 4.69) is 15.4 Å². The van der Waals surface area contributed by atoms with Crippen LogP contribution in [0.15, 0.2) is 36.4 Å². The van der Waals surface area contributed by atoms with E-state index in [9.17, 15) is 23.7 Å². The van der Waals surface area contributed by atoms with Gasteiger partial charge in [-0.25, -0.2) is 0 Å². The lowest BCUT2D eigenvalue weighted by molar-refractivity contribution is -0.386. The Labute approximate surface area is 153 Å². The maximum atomic E-state index is 12.5. The third kappa shape index (κ3) is 4.30. The van der Waals surface area contributed by atoms with Crippen molar-refractivity contribution in [1.29, 1.82) is 0 Å². The number of aryl methyl sites for hydroxylation is 1. The van der Waals surface area contributed by atoms with Gasteiger partial charge in [-0.2, -0.15) is 8.78 Å². The number of nitrogens with zero attached hydrogens (tertiary/aromatic N) is 1. The number of ether oxygens (including phenoxy) is 1. The number of nitro groups is 1. The van der Waals surface area contributed by atoms with E-state index in [1.54, 1.807) is 0 Å². The highest BCUT2D eigenvalue weighted by Gasteiger charge is 2.20. The van der Waals surface area contributed by atoms with E-state index in [-0.39, 0.29) is 11.9 Å². The number of anilines is 2. The molecule has 3 rings (SSSR count). The van der Waals surface area contributed by atoms with Gasteiger partial charge >= 0.3 is 12.3 Å². The molecule has 0 bridgehead atoms. The molecule has 1 atom stereocenters. The van der Waals surface area contributed by atoms with Crippen molar-refractivity contribution in [2.45, 2.75) is 32.4 Å². The summed E-state index contributed by atoms with van der Waals surface area (Å²) >= 11 is 0.